The zero-order chi connectivity index (χ0) is 15.3. The molecule has 0 bridgehead atoms. The van der Waals surface area contributed by atoms with Gasteiger partial charge in [-0.3, -0.25) is 4.79 Å². The van der Waals surface area contributed by atoms with Gasteiger partial charge in [0.25, 0.3) is 0 Å². The fourth-order valence-electron chi connectivity index (χ4n) is 2.56. The summed E-state index contributed by atoms with van der Waals surface area (Å²) in [7, 11) is 0. The van der Waals surface area contributed by atoms with E-state index in [0.29, 0.717) is 18.5 Å². The van der Waals surface area contributed by atoms with Crippen LogP contribution in [0.1, 0.15) is 44.2 Å². The molecule has 4 N–H and O–H groups in total. The van der Waals surface area contributed by atoms with Gasteiger partial charge >= 0.3 is 16.9 Å². The van der Waals surface area contributed by atoms with Gasteiger partial charge in [-0.25, -0.2) is 9.59 Å². The Morgan fingerprint density at radius 2 is 1.95 bits per heavy atom. The molecular weight excluding hydrogens is 294 g/mol. The third-order valence-electron chi connectivity index (χ3n) is 3.73. The number of nitrogens with one attached hydrogen (secondary N) is 3. The summed E-state index contributed by atoms with van der Waals surface area (Å²) in [6.07, 6.45) is 4.48. The first-order valence-electron chi connectivity index (χ1n) is 6.98. The number of carboxylic acids is 1. The third kappa shape index (κ3) is 4.07. The van der Waals surface area contributed by atoms with E-state index in [4.69, 9.17) is 0 Å². The van der Waals surface area contributed by atoms with E-state index in [2.05, 4.69) is 15.6 Å². The van der Waals surface area contributed by atoms with Crippen molar-refractivity contribution in [1.82, 2.24) is 15.6 Å². The molecule has 1 heterocycles. The fourth-order valence-corrected chi connectivity index (χ4v) is 3.14. The van der Waals surface area contributed by atoms with Crippen LogP contribution in [0.15, 0.2) is 10.2 Å². The van der Waals surface area contributed by atoms with Crippen molar-refractivity contribution in [3.63, 3.8) is 0 Å². The van der Waals surface area contributed by atoms with Crippen LogP contribution in [0.3, 0.4) is 0 Å². The van der Waals surface area contributed by atoms with Crippen molar-refractivity contribution >= 4 is 23.3 Å². The zero-order valence-electron chi connectivity index (χ0n) is 11.6. The van der Waals surface area contributed by atoms with E-state index in [0.717, 1.165) is 37.0 Å². The van der Waals surface area contributed by atoms with Crippen molar-refractivity contribution in [3.05, 3.63) is 20.7 Å². The van der Waals surface area contributed by atoms with Crippen LogP contribution in [0.2, 0.25) is 0 Å². The quantitative estimate of drug-likeness (QED) is 0.630. The molecule has 0 radical (unpaired) electrons. The Hall–Kier alpha value is -1.83. The number of carboxylic acid groups (broad SMARTS) is 1. The predicted octanol–water partition coefficient (Wildman–Crippen LogP) is 1.41. The number of carbonyl (C=O) groups is 2. The largest absolute Gasteiger partial charge is 0.480 e. The lowest BCUT2D eigenvalue weighted by atomic mass is 9.90. The first-order chi connectivity index (χ1) is 10.0. The maximum absolute atomic E-state index is 11.9. The summed E-state index contributed by atoms with van der Waals surface area (Å²) in [6.45, 7) is 0.167. The van der Waals surface area contributed by atoms with E-state index in [-0.39, 0.29) is 11.4 Å². The van der Waals surface area contributed by atoms with Crippen LogP contribution < -0.4 is 15.5 Å². The van der Waals surface area contributed by atoms with E-state index in [1.54, 1.807) is 5.38 Å². The number of hydrogen-bond donors (Lipinski definition) is 4. The Balaban J connectivity index is 1.94. The summed E-state index contributed by atoms with van der Waals surface area (Å²) in [5, 5.41) is 16.3. The molecule has 1 aromatic rings. The Labute approximate surface area is 125 Å². The fraction of sp³-hybridized carbons (Fsp3) is 0.615. The normalized spacial score (nSPS) is 17.7. The minimum Gasteiger partial charge on any atom is -0.480 e. The minimum absolute atomic E-state index is 0.167. The number of urea groups is 1. The molecule has 21 heavy (non-hydrogen) atoms. The summed E-state index contributed by atoms with van der Waals surface area (Å²) < 4.78 is 0. The van der Waals surface area contributed by atoms with Crippen LogP contribution in [-0.2, 0) is 11.3 Å². The lowest BCUT2D eigenvalue weighted by Gasteiger charge is -2.29. The van der Waals surface area contributed by atoms with Crippen LogP contribution in [-0.4, -0.2) is 27.6 Å². The highest BCUT2D eigenvalue weighted by atomic mass is 32.1. The van der Waals surface area contributed by atoms with Gasteiger partial charge in [-0.2, -0.15) is 0 Å². The van der Waals surface area contributed by atoms with Crippen LogP contribution in [0, 0.1) is 0 Å². The number of amides is 2. The standard InChI is InChI=1S/C13H19N3O4S/c17-10(18)13(5-3-1-2-4-6-13)16-11(19)14-7-9-8-21-12(20)15-9/h8H,1-7H2,(H,15,20)(H,17,18)(H2,14,16,19). The van der Waals surface area contributed by atoms with E-state index in [1.165, 1.54) is 0 Å². The molecule has 0 aliphatic heterocycles. The lowest BCUT2D eigenvalue weighted by Crippen LogP contribution is -2.56. The molecule has 116 valence electrons. The van der Waals surface area contributed by atoms with Crippen molar-refractivity contribution in [3.8, 4) is 0 Å². The highest BCUT2D eigenvalue weighted by Crippen LogP contribution is 2.27. The number of rotatable bonds is 4. The van der Waals surface area contributed by atoms with E-state index in [9.17, 15) is 19.5 Å². The van der Waals surface area contributed by atoms with Crippen LogP contribution in [0.5, 0.6) is 0 Å². The van der Waals surface area contributed by atoms with E-state index >= 15 is 0 Å². The molecule has 7 nitrogen and oxygen atoms in total. The summed E-state index contributed by atoms with van der Waals surface area (Å²) in [5.41, 5.74) is -0.576. The van der Waals surface area contributed by atoms with Crippen molar-refractivity contribution in [2.45, 2.75) is 50.6 Å². The number of carbonyl (C=O) groups excluding carboxylic acids is 1. The van der Waals surface area contributed by atoms with Gasteiger partial charge in [-0.1, -0.05) is 37.0 Å². The number of thiazole rings is 1. The maximum atomic E-state index is 11.9. The SMILES string of the molecule is O=C(NCc1csc(=O)[nH]1)NC1(C(=O)O)CCCCCC1. The molecule has 1 aromatic heterocycles. The molecule has 0 unspecified atom stereocenters. The second kappa shape index (κ2) is 6.75. The van der Waals surface area contributed by atoms with Crippen molar-refractivity contribution in [2.75, 3.05) is 0 Å². The third-order valence-corrected chi connectivity index (χ3v) is 4.45. The molecule has 1 aliphatic carbocycles. The van der Waals surface area contributed by atoms with Crippen molar-refractivity contribution in [2.24, 2.45) is 0 Å². The summed E-state index contributed by atoms with van der Waals surface area (Å²) in [5.74, 6) is -0.983. The Morgan fingerprint density at radius 1 is 1.29 bits per heavy atom. The molecular formula is C13H19N3O4S. The smallest absolute Gasteiger partial charge is 0.329 e. The Bertz CT molecular complexity index is 558. The second-order valence-corrected chi connectivity index (χ2v) is 6.12. The van der Waals surface area contributed by atoms with Gasteiger partial charge in [0, 0.05) is 11.1 Å². The number of aliphatic carboxylic acids is 1. The molecule has 2 amide bonds. The van der Waals surface area contributed by atoms with E-state index < -0.39 is 17.5 Å². The molecule has 1 fully saturated rings. The topological polar surface area (TPSA) is 111 Å². The first-order valence-corrected chi connectivity index (χ1v) is 7.86. The van der Waals surface area contributed by atoms with Gasteiger partial charge in [0.15, 0.2) is 0 Å². The number of hydrogen-bond acceptors (Lipinski definition) is 4. The monoisotopic (exact) mass is 313 g/mol. The molecule has 1 aliphatic rings. The van der Waals surface area contributed by atoms with Gasteiger partial charge < -0.3 is 20.7 Å². The average Bonchev–Trinajstić information content (AvgIpc) is 2.71. The summed E-state index contributed by atoms with van der Waals surface area (Å²) in [6, 6.07) is -0.522. The Morgan fingerprint density at radius 3 is 2.48 bits per heavy atom. The van der Waals surface area contributed by atoms with Crippen LogP contribution >= 0.6 is 11.3 Å². The molecule has 0 saturated heterocycles. The highest BCUT2D eigenvalue weighted by Gasteiger charge is 2.40. The summed E-state index contributed by atoms with van der Waals surface area (Å²) >= 11 is 1.02. The number of H-pyrrole nitrogens is 1. The van der Waals surface area contributed by atoms with E-state index in [1.807, 2.05) is 0 Å². The highest BCUT2D eigenvalue weighted by molar-refractivity contribution is 7.07. The first kappa shape index (κ1) is 15.6. The van der Waals surface area contributed by atoms with Gasteiger partial charge in [0.2, 0.25) is 0 Å². The number of aromatic nitrogens is 1. The Kier molecular flexibility index (Phi) is 5.00. The second-order valence-electron chi connectivity index (χ2n) is 5.28. The summed E-state index contributed by atoms with van der Waals surface area (Å²) in [4.78, 5) is 36.9. The maximum Gasteiger partial charge on any atom is 0.329 e. The van der Waals surface area contributed by atoms with Gasteiger partial charge in [-0.15, -0.1) is 0 Å². The van der Waals surface area contributed by atoms with Crippen molar-refractivity contribution < 1.29 is 14.7 Å². The molecule has 0 spiro atoms. The molecule has 0 aromatic carbocycles. The minimum atomic E-state index is -1.18. The average molecular weight is 313 g/mol. The lowest BCUT2D eigenvalue weighted by molar-refractivity contribution is -0.145. The molecule has 2 rings (SSSR count). The molecule has 8 heteroatoms. The van der Waals surface area contributed by atoms with Gasteiger partial charge in [0.1, 0.15) is 5.54 Å². The molecule has 0 atom stereocenters. The van der Waals surface area contributed by atoms with Crippen molar-refractivity contribution in [1.29, 1.82) is 0 Å². The van der Waals surface area contributed by atoms with Gasteiger partial charge in [-0.05, 0) is 12.8 Å². The zero-order valence-corrected chi connectivity index (χ0v) is 12.4. The predicted molar refractivity (Wildman–Crippen MR) is 78.4 cm³/mol. The van der Waals surface area contributed by atoms with Gasteiger partial charge in [0.05, 0.1) is 6.54 Å². The number of aromatic amines is 1. The van der Waals surface area contributed by atoms with Crippen LogP contribution in [0.4, 0.5) is 4.79 Å². The van der Waals surface area contributed by atoms with Crippen LogP contribution in [0.25, 0.3) is 0 Å². The molecule has 1 saturated carbocycles.